The van der Waals surface area contributed by atoms with Crippen molar-refractivity contribution < 1.29 is 9.21 Å². The van der Waals surface area contributed by atoms with Crippen LogP contribution >= 0.6 is 31.9 Å². The quantitative estimate of drug-likeness (QED) is 0.579. The number of carbonyl (C=O) groups is 1. The molecule has 0 fully saturated rings. The lowest BCUT2D eigenvalue weighted by Crippen LogP contribution is -2.25. The van der Waals surface area contributed by atoms with E-state index in [2.05, 4.69) is 47.7 Å². The summed E-state index contributed by atoms with van der Waals surface area (Å²) < 4.78 is 6.99. The van der Waals surface area contributed by atoms with Gasteiger partial charge in [0.15, 0.2) is 0 Å². The molecular formula is C14H13Br2N3O2. The Morgan fingerprint density at radius 1 is 1.38 bits per heavy atom. The van der Waals surface area contributed by atoms with Gasteiger partial charge < -0.3 is 9.73 Å². The van der Waals surface area contributed by atoms with Gasteiger partial charge in [-0.3, -0.25) is 4.79 Å². The summed E-state index contributed by atoms with van der Waals surface area (Å²) in [5.41, 5.74) is 4.36. The van der Waals surface area contributed by atoms with Crippen molar-refractivity contribution in [2.45, 2.75) is 6.92 Å². The van der Waals surface area contributed by atoms with Crippen molar-refractivity contribution in [3.8, 4) is 0 Å². The van der Waals surface area contributed by atoms with E-state index in [1.54, 1.807) is 12.1 Å². The fourth-order valence-corrected chi connectivity index (χ4v) is 2.69. The summed E-state index contributed by atoms with van der Waals surface area (Å²) in [6.45, 7) is 2.12. The van der Waals surface area contributed by atoms with Crippen molar-refractivity contribution in [1.29, 1.82) is 0 Å². The second kappa shape index (κ2) is 7.42. The summed E-state index contributed by atoms with van der Waals surface area (Å²) in [7, 11) is 0. The standard InChI is InChI=1S/C14H13Br2N3O2/c1-9-12(15)5-10(6-13(9)16)17-8-14(20)19-18-7-11-3-2-4-21-11/h2-7,17H,8H2,1H3,(H,19,20)/b18-7-. The lowest BCUT2D eigenvalue weighted by molar-refractivity contribution is -0.119. The van der Waals surface area contributed by atoms with Gasteiger partial charge in [0, 0.05) is 14.6 Å². The zero-order valence-electron chi connectivity index (χ0n) is 11.2. The number of hydrogen-bond donors (Lipinski definition) is 2. The number of carbonyl (C=O) groups excluding carboxylic acids is 1. The van der Waals surface area contributed by atoms with Gasteiger partial charge in [0.2, 0.25) is 0 Å². The van der Waals surface area contributed by atoms with Gasteiger partial charge in [-0.25, -0.2) is 5.43 Å². The van der Waals surface area contributed by atoms with Crippen LogP contribution in [0.25, 0.3) is 0 Å². The highest BCUT2D eigenvalue weighted by Gasteiger charge is 2.05. The number of nitrogens with one attached hydrogen (secondary N) is 2. The molecule has 0 saturated carbocycles. The highest BCUT2D eigenvalue weighted by atomic mass is 79.9. The van der Waals surface area contributed by atoms with Gasteiger partial charge in [0.05, 0.1) is 19.0 Å². The molecule has 0 aliphatic heterocycles. The molecule has 0 spiro atoms. The van der Waals surface area contributed by atoms with E-state index in [-0.39, 0.29) is 12.5 Å². The Hall–Kier alpha value is -1.60. The zero-order valence-corrected chi connectivity index (χ0v) is 14.4. The van der Waals surface area contributed by atoms with Crippen LogP contribution in [0.5, 0.6) is 0 Å². The van der Waals surface area contributed by atoms with Gasteiger partial charge in [0.1, 0.15) is 5.76 Å². The molecule has 0 aliphatic rings. The molecule has 1 amide bonds. The number of rotatable bonds is 5. The van der Waals surface area contributed by atoms with Crippen LogP contribution in [0.4, 0.5) is 5.69 Å². The molecule has 2 N–H and O–H groups in total. The monoisotopic (exact) mass is 413 g/mol. The maximum absolute atomic E-state index is 11.6. The van der Waals surface area contributed by atoms with Crippen molar-refractivity contribution in [1.82, 2.24) is 5.43 Å². The van der Waals surface area contributed by atoms with Crippen LogP contribution in [0, 0.1) is 6.92 Å². The van der Waals surface area contributed by atoms with Gasteiger partial charge in [-0.05, 0) is 36.8 Å². The van der Waals surface area contributed by atoms with Crippen LogP contribution in [-0.4, -0.2) is 18.7 Å². The second-order valence-electron chi connectivity index (χ2n) is 4.23. The lowest BCUT2D eigenvalue weighted by Gasteiger charge is -2.09. The normalized spacial score (nSPS) is 10.8. The maximum Gasteiger partial charge on any atom is 0.259 e. The number of amides is 1. The minimum absolute atomic E-state index is 0.122. The fraction of sp³-hybridized carbons (Fsp3) is 0.143. The molecule has 0 atom stereocenters. The molecule has 21 heavy (non-hydrogen) atoms. The molecule has 0 aliphatic carbocycles. The van der Waals surface area contributed by atoms with Crippen molar-refractivity contribution in [2.75, 3.05) is 11.9 Å². The average molecular weight is 415 g/mol. The van der Waals surface area contributed by atoms with Crippen LogP contribution in [-0.2, 0) is 4.79 Å². The Labute approximate surface area is 139 Å². The van der Waals surface area contributed by atoms with Crippen molar-refractivity contribution in [3.63, 3.8) is 0 Å². The first-order valence-electron chi connectivity index (χ1n) is 6.11. The highest BCUT2D eigenvalue weighted by molar-refractivity contribution is 9.11. The first-order valence-corrected chi connectivity index (χ1v) is 7.70. The van der Waals surface area contributed by atoms with E-state index in [0.717, 1.165) is 20.2 Å². The van der Waals surface area contributed by atoms with Crippen LogP contribution in [0.15, 0.2) is 49.0 Å². The summed E-state index contributed by atoms with van der Waals surface area (Å²) in [5.74, 6) is 0.334. The van der Waals surface area contributed by atoms with Gasteiger partial charge in [-0.1, -0.05) is 31.9 Å². The molecule has 7 heteroatoms. The number of anilines is 1. The molecule has 0 unspecified atom stereocenters. The van der Waals surface area contributed by atoms with E-state index in [1.807, 2.05) is 19.1 Å². The van der Waals surface area contributed by atoms with E-state index >= 15 is 0 Å². The van der Waals surface area contributed by atoms with Crippen molar-refractivity contribution >= 4 is 49.7 Å². The van der Waals surface area contributed by atoms with E-state index in [9.17, 15) is 4.79 Å². The molecule has 1 aromatic carbocycles. The summed E-state index contributed by atoms with van der Waals surface area (Å²) in [5, 5.41) is 6.83. The fourth-order valence-electron chi connectivity index (χ4n) is 1.50. The Kier molecular flexibility index (Phi) is 5.58. The smallest absolute Gasteiger partial charge is 0.259 e. The third kappa shape index (κ3) is 4.71. The third-order valence-corrected chi connectivity index (χ3v) is 4.31. The molecule has 0 bridgehead atoms. The Bertz CT molecular complexity index is 631. The zero-order chi connectivity index (χ0) is 15.2. The number of furan rings is 1. The number of halogens is 2. The lowest BCUT2D eigenvalue weighted by atomic mass is 10.2. The molecule has 1 heterocycles. The summed E-state index contributed by atoms with van der Waals surface area (Å²) in [6, 6.07) is 7.33. The topological polar surface area (TPSA) is 66.6 Å². The summed E-state index contributed by atoms with van der Waals surface area (Å²) in [6.07, 6.45) is 2.98. The first-order chi connectivity index (χ1) is 10.1. The van der Waals surface area contributed by atoms with E-state index < -0.39 is 0 Å². The largest absolute Gasteiger partial charge is 0.463 e. The Morgan fingerprint density at radius 3 is 2.71 bits per heavy atom. The third-order valence-electron chi connectivity index (χ3n) is 2.66. The van der Waals surface area contributed by atoms with Gasteiger partial charge >= 0.3 is 0 Å². The van der Waals surface area contributed by atoms with Crippen LogP contribution < -0.4 is 10.7 Å². The molecule has 0 saturated heterocycles. The van der Waals surface area contributed by atoms with Crippen LogP contribution in [0.3, 0.4) is 0 Å². The number of hydrazone groups is 1. The maximum atomic E-state index is 11.6. The number of nitrogens with zero attached hydrogens (tertiary/aromatic N) is 1. The molecule has 2 aromatic rings. The van der Waals surface area contributed by atoms with Crippen molar-refractivity contribution in [3.05, 3.63) is 50.8 Å². The molecule has 2 rings (SSSR count). The van der Waals surface area contributed by atoms with Gasteiger partial charge in [-0.15, -0.1) is 0 Å². The minimum atomic E-state index is -0.245. The molecular weight excluding hydrogens is 402 g/mol. The average Bonchev–Trinajstić information content (AvgIpc) is 2.95. The predicted molar refractivity (Wildman–Crippen MR) is 89.5 cm³/mol. The van der Waals surface area contributed by atoms with E-state index in [4.69, 9.17) is 4.42 Å². The highest BCUT2D eigenvalue weighted by Crippen LogP contribution is 2.28. The molecule has 110 valence electrons. The molecule has 5 nitrogen and oxygen atoms in total. The minimum Gasteiger partial charge on any atom is -0.463 e. The SMILES string of the molecule is Cc1c(Br)cc(NCC(=O)N/N=C\c2ccco2)cc1Br. The summed E-state index contributed by atoms with van der Waals surface area (Å²) >= 11 is 6.93. The molecule has 0 radical (unpaired) electrons. The number of hydrogen-bond acceptors (Lipinski definition) is 4. The van der Waals surface area contributed by atoms with Crippen LogP contribution in [0.2, 0.25) is 0 Å². The van der Waals surface area contributed by atoms with E-state index in [1.165, 1.54) is 12.5 Å². The second-order valence-corrected chi connectivity index (χ2v) is 5.94. The van der Waals surface area contributed by atoms with Crippen molar-refractivity contribution in [2.24, 2.45) is 5.10 Å². The molecule has 1 aromatic heterocycles. The van der Waals surface area contributed by atoms with E-state index in [0.29, 0.717) is 5.76 Å². The summed E-state index contributed by atoms with van der Waals surface area (Å²) in [4.78, 5) is 11.6. The number of benzene rings is 1. The Balaban J connectivity index is 1.84. The first kappa shape index (κ1) is 15.8. The predicted octanol–water partition coefficient (Wildman–Crippen LogP) is 3.68. The van der Waals surface area contributed by atoms with Gasteiger partial charge in [0.25, 0.3) is 5.91 Å². The van der Waals surface area contributed by atoms with Gasteiger partial charge in [-0.2, -0.15) is 5.10 Å². The Morgan fingerprint density at radius 2 is 2.10 bits per heavy atom. The van der Waals surface area contributed by atoms with Crippen LogP contribution in [0.1, 0.15) is 11.3 Å².